The molecule has 0 bridgehead atoms. The number of rotatable bonds is 5. The minimum Gasteiger partial charge on any atom is -0.459 e. The monoisotopic (exact) mass is 372 g/mol. The molecular formula is C20H24N2O3S. The lowest BCUT2D eigenvalue weighted by Gasteiger charge is -2.34. The zero-order valence-corrected chi connectivity index (χ0v) is 16.1. The molecule has 1 fully saturated rings. The number of benzene rings is 1. The first-order valence-corrected chi connectivity index (χ1v) is 9.94. The van der Waals surface area contributed by atoms with Gasteiger partial charge < -0.3 is 14.2 Å². The molecule has 6 heteroatoms. The van der Waals surface area contributed by atoms with E-state index in [1.807, 2.05) is 4.90 Å². The number of hydrogen-bond donors (Lipinski definition) is 0. The molecule has 2 aromatic rings. The molecule has 5 nitrogen and oxygen atoms in total. The Morgan fingerprint density at radius 3 is 2.50 bits per heavy atom. The lowest BCUT2D eigenvalue weighted by Crippen LogP contribution is -2.51. The number of furan rings is 1. The molecule has 1 saturated heterocycles. The first kappa shape index (κ1) is 18.6. The van der Waals surface area contributed by atoms with Crippen molar-refractivity contribution in [3.05, 3.63) is 59.0 Å². The third kappa shape index (κ3) is 4.49. The molecule has 0 aliphatic carbocycles. The van der Waals surface area contributed by atoms with Crippen LogP contribution >= 0.6 is 11.8 Å². The summed E-state index contributed by atoms with van der Waals surface area (Å²) in [6, 6.07) is 9.80. The molecule has 3 rings (SSSR count). The fourth-order valence-electron chi connectivity index (χ4n) is 3.01. The predicted molar refractivity (Wildman–Crippen MR) is 103 cm³/mol. The quantitative estimate of drug-likeness (QED) is 0.809. The van der Waals surface area contributed by atoms with Gasteiger partial charge in [0.25, 0.3) is 5.91 Å². The van der Waals surface area contributed by atoms with Crippen LogP contribution in [0.15, 0.2) is 41.0 Å². The van der Waals surface area contributed by atoms with Gasteiger partial charge in [0.05, 0.1) is 12.0 Å². The summed E-state index contributed by atoms with van der Waals surface area (Å²) >= 11 is 1.65. The first-order valence-electron chi connectivity index (χ1n) is 8.79. The highest BCUT2D eigenvalue weighted by Gasteiger charge is 2.25. The molecule has 0 saturated carbocycles. The van der Waals surface area contributed by atoms with Crippen LogP contribution in [0.5, 0.6) is 0 Å². The van der Waals surface area contributed by atoms with Gasteiger partial charge in [-0.2, -0.15) is 0 Å². The van der Waals surface area contributed by atoms with Gasteiger partial charge in [-0.1, -0.05) is 23.8 Å². The molecule has 2 heterocycles. The first-order chi connectivity index (χ1) is 12.5. The number of piperazine rings is 1. The number of carbonyl (C=O) groups is 2. The van der Waals surface area contributed by atoms with E-state index in [2.05, 4.69) is 32.0 Å². The molecule has 0 spiro atoms. The minimum absolute atomic E-state index is 0.105. The highest BCUT2D eigenvalue weighted by Crippen LogP contribution is 2.18. The zero-order chi connectivity index (χ0) is 18.5. The van der Waals surface area contributed by atoms with Crippen LogP contribution in [0.4, 0.5) is 0 Å². The molecule has 0 atom stereocenters. The summed E-state index contributed by atoms with van der Waals surface area (Å²) in [6.45, 7) is 6.44. The van der Waals surface area contributed by atoms with Crippen molar-refractivity contribution in [1.29, 1.82) is 0 Å². The van der Waals surface area contributed by atoms with E-state index in [0.717, 1.165) is 5.75 Å². The van der Waals surface area contributed by atoms with E-state index in [4.69, 9.17) is 4.42 Å². The van der Waals surface area contributed by atoms with Crippen molar-refractivity contribution in [2.24, 2.45) is 0 Å². The fourth-order valence-corrected chi connectivity index (χ4v) is 4.00. The van der Waals surface area contributed by atoms with Crippen molar-refractivity contribution in [1.82, 2.24) is 9.80 Å². The summed E-state index contributed by atoms with van der Waals surface area (Å²) in [6.07, 6.45) is 1.50. The van der Waals surface area contributed by atoms with Crippen LogP contribution in [0.2, 0.25) is 0 Å². The Morgan fingerprint density at radius 2 is 1.81 bits per heavy atom. The summed E-state index contributed by atoms with van der Waals surface area (Å²) in [5.74, 6) is 1.71. The Morgan fingerprint density at radius 1 is 1.08 bits per heavy atom. The van der Waals surface area contributed by atoms with Gasteiger partial charge in [0.1, 0.15) is 0 Å². The maximum absolute atomic E-state index is 12.4. The maximum Gasteiger partial charge on any atom is 0.289 e. The third-order valence-electron chi connectivity index (χ3n) is 4.64. The van der Waals surface area contributed by atoms with Crippen molar-refractivity contribution in [3.63, 3.8) is 0 Å². The second-order valence-electron chi connectivity index (χ2n) is 6.57. The van der Waals surface area contributed by atoms with E-state index >= 15 is 0 Å². The maximum atomic E-state index is 12.4. The van der Waals surface area contributed by atoms with Gasteiger partial charge in [-0.05, 0) is 37.1 Å². The molecular weight excluding hydrogens is 348 g/mol. The molecule has 26 heavy (non-hydrogen) atoms. The summed E-state index contributed by atoms with van der Waals surface area (Å²) in [5, 5.41) is 0. The zero-order valence-electron chi connectivity index (χ0n) is 15.2. The van der Waals surface area contributed by atoms with E-state index in [0.29, 0.717) is 37.7 Å². The number of hydrogen-bond acceptors (Lipinski definition) is 4. The second kappa shape index (κ2) is 8.45. The summed E-state index contributed by atoms with van der Waals surface area (Å²) in [5.41, 5.74) is 3.80. The van der Waals surface area contributed by atoms with Gasteiger partial charge in [0, 0.05) is 31.9 Å². The van der Waals surface area contributed by atoms with E-state index in [1.54, 1.807) is 28.8 Å². The van der Waals surface area contributed by atoms with Crippen molar-refractivity contribution in [3.8, 4) is 0 Å². The summed E-state index contributed by atoms with van der Waals surface area (Å²) < 4.78 is 5.16. The van der Waals surface area contributed by atoms with Gasteiger partial charge in [0.2, 0.25) is 5.91 Å². The fraction of sp³-hybridized carbons (Fsp3) is 0.400. The number of carbonyl (C=O) groups excluding carboxylic acids is 2. The van der Waals surface area contributed by atoms with Gasteiger partial charge in [-0.3, -0.25) is 9.59 Å². The Hall–Kier alpha value is -2.21. The van der Waals surface area contributed by atoms with Crippen LogP contribution in [-0.4, -0.2) is 53.5 Å². The normalized spacial score (nSPS) is 14.5. The van der Waals surface area contributed by atoms with E-state index in [-0.39, 0.29) is 11.8 Å². The molecule has 0 N–H and O–H groups in total. The molecule has 0 unspecified atom stereocenters. The lowest BCUT2D eigenvalue weighted by molar-refractivity contribution is -0.129. The number of nitrogens with zero attached hydrogens (tertiary/aromatic N) is 2. The largest absolute Gasteiger partial charge is 0.459 e. The van der Waals surface area contributed by atoms with Crippen LogP contribution in [0.3, 0.4) is 0 Å². The lowest BCUT2D eigenvalue weighted by atomic mass is 10.1. The molecule has 1 aliphatic rings. The summed E-state index contributed by atoms with van der Waals surface area (Å²) in [4.78, 5) is 28.3. The molecule has 138 valence electrons. The Kier molecular flexibility index (Phi) is 6.04. The van der Waals surface area contributed by atoms with Crippen LogP contribution < -0.4 is 0 Å². The Bertz CT molecular complexity index is 765. The highest BCUT2D eigenvalue weighted by molar-refractivity contribution is 7.99. The smallest absolute Gasteiger partial charge is 0.289 e. The topological polar surface area (TPSA) is 53.8 Å². The number of amides is 2. The van der Waals surface area contributed by atoms with Crippen LogP contribution in [0.1, 0.15) is 27.2 Å². The van der Waals surface area contributed by atoms with E-state index in [9.17, 15) is 9.59 Å². The van der Waals surface area contributed by atoms with E-state index < -0.39 is 0 Å². The van der Waals surface area contributed by atoms with Crippen LogP contribution in [-0.2, 0) is 10.5 Å². The number of thioether (sulfide) groups is 1. The van der Waals surface area contributed by atoms with Gasteiger partial charge in [0.15, 0.2) is 5.76 Å². The van der Waals surface area contributed by atoms with Crippen LogP contribution in [0, 0.1) is 13.8 Å². The molecule has 1 aromatic carbocycles. The Balaban J connectivity index is 1.44. The predicted octanol–water partition coefficient (Wildman–Crippen LogP) is 3.11. The molecule has 1 aromatic heterocycles. The Labute approximate surface area is 158 Å². The molecule has 2 amide bonds. The standard InChI is InChI=1S/C20H24N2O3S/c1-15-5-6-16(2)17(12-15)13-26-14-19(23)21-7-9-22(10-8-21)20(24)18-4-3-11-25-18/h3-6,11-12H,7-10,13-14H2,1-2H3. The van der Waals surface area contributed by atoms with Gasteiger partial charge in [-0.15, -0.1) is 11.8 Å². The molecule has 1 aliphatic heterocycles. The third-order valence-corrected chi connectivity index (χ3v) is 5.61. The molecule has 0 radical (unpaired) electrons. The average Bonchev–Trinajstić information content (AvgIpc) is 3.18. The average molecular weight is 372 g/mol. The van der Waals surface area contributed by atoms with Crippen molar-refractivity contribution < 1.29 is 14.0 Å². The van der Waals surface area contributed by atoms with Crippen molar-refractivity contribution in [2.45, 2.75) is 19.6 Å². The van der Waals surface area contributed by atoms with Gasteiger partial charge in [-0.25, -0.2) is 0 Å². The van der Waals surface area contributed by atoms with E-state index in [1.165, 1.54) is 23.0 Å². The second-order valence-corrected chi connectivity index (χ2v) is 7.56. The summed E-state index contributed by atoms with van der Waals surface area (Å²) in [7, 11) is 0. The SMILES string of the molecule is Cc1ccc(C)c(CSCC(=O)N2CCN(C(=O)c3ccco3)CC2)c1. The minimum atomic E-state index is -0.105. The number of aryl methyl sites for hydroxylation is 2. The highest BCUT2D eigenvalue weighted by atomic mass is 32.2. The van der Waals surface area contributed by atoms with Crippen molar-refractivity contribution >= 4 is 23.6 Å². The van der Waals surface area contributed by atoms with Gasteiger partial charge >= 0.3 is 0 Å². The van der Waals surface area contributed by atoms with Crippen LogP contribution in [0.25, 0.3) is 0 Å². The van der Waals surface area contributed by atoms with Crippen molar-refractivity contribution in [2.75, 3.05) is 31.9 Å².